The van der Waals surface area contributed by atoms with Crippen molar-refractivity contribution in [1.29, 1.82) is 0 Å². The monoisotopic (exact) mass is 628 g/mol. The zero-order valence-electron chi connectivity index (χ0n) is 25.1. The molecule has 9 nitrogen and oxygen atoms in total. The molecule has 11 heteroatoms. The number of rotatable bonds is 6. The lowest BCUT2D eigenvalue weighted by Gasteiger charge is -2.34. The zero-order valence-corrected chi connectivity index (χ0v) is 26.7. The lowest BCUT2D eigenvalue weighted by molar-refractivity contribution is -0.112. The van der Waals surface area contributed by atoms with E-state index < -0.39 is 20.0 Å². The molecule has 0 N–H and O–H groups in total. The van der Waals surface area contributed by atoms with Crippen LogP contribution in [0.15, 0.2) is 69.5 Å². The van der Waals surface area contributed by atoms with Crippen LogP contribution in [0.5, 0.6) is 0 Å². The fourth-order valence-corrected chi connectivity index (χ4v) is 9.19. The minimum atomic E-state index is -3.65. The Morgan fingerprint density at radius 3 is 1.26 bits per heavy atom. The molecule has 0 spiro atoms. The number of benzene rings is 2. The molecule has 2 aromatic rings. The largest absolute Gasteiger partial charge is 0.373 e. The van der Waals surface area contributed by atoms with Crippen LogP contribution >= 0.6 is 0 Å². The smallest absolute Gasteiger partial charge is 0.243 e. The van der Waals surface area contributed by atoms with Crippen molar-refractivity contribution in [3.05, 3.63) is 70.8 Å². The quantitative estimate of drug-likeness (QED) is 0.433. The van der Waals surface area contributed by atoms with E-state index in [1.165, 1.54) is 8.61 Å². The van der Waals surface area contributed by atoms with Crippen molar-refractivity contribution in [2.45, 2.75) is 81.2 Å². The highest BCUT2D eigenvalue weighted by Crippen LogP contribution is 2.29. The molecule has 0 bridgehead atoms. The third-order valence-corrected chi connectivity index (χ3v) is 11.7. The second-order valence-corrected chi connectivity index (χ2v) is 15.7. The standard InChI is InChI=1S/C32H40N2O7S2/c1-22-18-33(19-23(2)40-22)42(36,37)30-12-8-26(9-13-30)16-28-6-5-7-29(32(28)35)17-27-10-14-31(15-11-27)43(38,39)34-20-24(3)41-25(4)21-34/h8-17,22-25H,5-7,18-21H2,1-4H3/b28-16+,29-17+/t22-,23-,24-,25+/m1/s1. The highest BCUT2D eigenvalue weighted by Gasteiger charge is 2.33. The van der Waals surface area contributed by atoms with E-state index in [0.29, 0.717) is 50.2 Å². The number of sulfonamides is 2. The van der Waals surface area contributed by atoms with Gasteiger partial charge in [-0.2, -0.15) is 8.61 Å². The summed E-state index contributed by atoms with van der Waals surface area (Å²) in [6.45, 7) is 8.71. The molecule has 2 saturated heterocycles. The fraction of sp³-hybridized carbons (Fsp3) is 0.469. The lowest BCUT2D eigenvalue weighted by atomic mass is 9.87. The summed E-state index contributed by atoms with van der Waals surface area (Å²) in [6.07, 6.45) is 5.04. The molecule has 2 aromatic carbocycles. The van der Waals surface area contributed by atoms with Crippen molar-refractivity contribution >= 4 is 38.0 Å². The molecule has 4 atom stereocenters. The third-order valence-electron chi connectivity index (χ3n) is 7.97. The molecule has 0 radical (unpaired) electrons. The molecule has 0 aromatic heterocycles. The molecule has 2 heterocycles. The van der Waals surface area contributed by atoms with Crippen molar-refractivity contribution < 1.29 is 31.1 Å². The first-order valence-electron chi connectivity index (χ1n) is 14.8. The second kappa shape index (κ2) is 12.7. The van der Waals surface area contributed by atoms with Gasteiger partial charge < -0.3 is 9.47 Å². The summed E-state index contributed by atoms with van der Waals surface area (Å²) in [5, 5.41) is 0. The van der Waals surface area contributed by atoms with Crippen LogP contribution in [0.25, 0.3) is 12.2 Å². The van der Waals surface area contributed by atoms with Gasteiger partial charge in [0.05, 0.1) is 34.2 Å². The zero-order chi connectivity index (χ0) is 30.9. The minimum Gasteiger partial charge on any atom is -0.373 e. The molecule has 0 unspecified atom stereocenters. The number of ether oxygens (including phenoxy) is 2. The first-order chi connectivity index (χ1) is 20.3. The topological polar surface area (TPSA) is 110 Å². The van der Waals surface area contributed by atoms with Crippen LogP contribution in [-0.2, 0) is 34.3 Å². The van der Waals surface area contributed by atoms with Crippen molar-refractivity contribution in [3.63, 3.8) is 0 Å². The van der Waals surface area contributed by atoms with Gasteiger partial charge in [-0.25, -0.2) is 16.8 Å². The summed E-state index contributed by atoms with van der Waals surface area (Å²) in [4.78, 5) is 13.8. The molecule has 1 aliphatic carbocycles. The van der Waals surface area contributed by atoms with E-state index in [1.54, 1.807) is 48.5 Å². The van der Waals surface area contributed by atoms with Crippen LogP contribution in [0.3, 0.4) is 0 Å². The first kappa shape index (κ1) is 31.7. The normalized spacial score (nSPS) is 28.4. The minimum absolute atomic E-state index is 0.0489. The predicted octanol–water partition coefficient (Wildman–Crippen LogP) is 4.50. The Morgan fingerprint density at radius 1 is 0.605 bits per heavy atom. The van der Waals surface area contributed by atoms with Crippen LogP contribution in [0.1, 0.15) is 58.1 Å². The summed E-state index contributed by atoms with van der Waals surface area (Å²) in [6, 6.07) is 13.3. The summed E-state index contributed by atoms with van der Waals surface area (Å²) < 4.78 is 67.0. The van der Waals surface area contributed by atoms with Crippen molar-refractivity contribution in [2.24, 2.45) is 0 Å². The summed E-state index contributed by atoms with van der Waals surface area (Å²) in [7, 11) is -7.29. The van der Waals surface area contributed by atoms with Gasteiger partial charge in [0.25, 0.3) is 0 Å². The van der Waals surface area contributed by atoms with Crippen LogP contribution in [-0.4, -0.2) is 81.8 Å². The summed E-state index contributed by atoms with van der Waals surface area (Å²) in [5.41, 5.74) is 2.85. The Bertz CT molecular complexity index is 1470. The number of allylic oxidation sites excluding steroid dienone is 2. The number of carbonyl (C=O) groups is 1. The molecule has 5 rings (SSSR count). The Kier molecular flexibility index (Phi) is 9.41. The van der Waals surface area contributed by atoms with Gasteiger partial charge in [-0.05, 0) is 94.5 Å². The van der Waals surface area contributed by atoms with Gasteiger partial charge in [0.2, 0.25) is 20.0 Å². The Labute approximate surface area is 255 Å². The Balaban J connectivity index is 1.29. The maximum Gasteiger partial charge on any atom is 0.243 e. The Hall–Kier alpha value is -2.67. The SMILES string of the molecule is C[C@@H]1CN(S(=O)(=O)c2ccc(/C=C3\CCC/C(=C\c4ccc(S(=O)(=O)N5C[C@@H](C)O[C@@H](C)C5)cc4)C3=O)cc2)C[C@@H](C)O1. The Morgan fingerprint density at radius 2 is 0.930 bits per heavy atom. The molecule has 3 aliphatic rings. The average molecular weight is 629 g/mol. The van der Waals surface area contributed by atoms with Crippen molar-refractivity contribution in [3.8, 4) is 0 Å². The number of hydrogen-bond donors (Lipinski definition) is 0. The molecule has 43 heavy (non-hydrogen) atoms. The van der Waals surface area contributed by atoms with E-state index in [2.05, 4.69) is 0 Å². The van der Waals surface area contributed by atoms with Gasteiger partial charge >= 0.3 is 0 Å². The van der Waals surface area contributed by atoms with Crippen LogP contribution < -0.4 is 0 Å². The predicted molar refractivity (Wildman–Crippen MR) is 165 cm³/mol. The average Bonchev–Trinajstić information content (AvgIpc) is 2.95. The molecular weight excluding hydrogens is 588 g/mol. The van der Waals surface area contributed by atoms with Gasteiger partial charge in [-0.1, -0.05) is 24.3 Å². The molecule has 0 amide bonds. The second-order valence-electron chi connectivity index (χ2n) is 11.8. The number of carbonyl (C=O) groups excluding carboxylic acids is 1. The number of hydrogen-bond acceptors (Lipinski definition) is 7. The number of Topliss-reactive ketones (excluding diaryl/α,β-unsaturated/α-hetero) is 1. The molecule has 2 aliphatic heterocycles. The van der Waals surface area contributed by atoms with Crippen LogP contribution in [0.4, 0.5) is 0 Å². The number of ketones is 1. The summed E-state index contributed by atoms with van der Waals surface area (Å²) in [5.74, 6) is -0.0489. The fourth-order valence-electron chi connectivity index (χ4n) is 6.00. The van der Waals surface area contributed by atoms with Gasteiger partial charge in [-0.15, -0.1) is 0 Å². The molecule has 3 fully saturated rings. The van der Waals surface area contributed by atoms with Gasteiger partial charge in [0.1, 0.15) is 0 Å². The van der Waals surface area contributed by atoms with E-state index >= 15 is 0 Å². The van der Waals surface area contributed by atoms with Gasteiger partial charge in [-0.3, -0.25) is 4.79 Å². The highest BCUT2D eigenvalue weighted by molar-refractivity contribution is 7.89. The molecule has 232 valence electrons. The van der Waals surface area contributed by atoms with Gasteiger partial charge in [0.15, 0.2) is 5.78 Å². The van der Waals surface area contributed by atoms with E-state index in [-0.39, 0.29) is 40.0 Å². The lowest BCUT2D eigenvalue weighted by Crippen LogP contribution is -2.48. The van der Waals surface area contributed by atoms with E-state index in [9.17, 15) is 21.6 Å². The first-order valence-corrected chi connectivity index (χ1v) is 17.7. The summed E-state index contributed by atoms with van der Waals surface area (Å²) >= 11 is 0. The number of morpholine rings is 2. The van der Waals surface area contributed by atoms with E-state index in [0.717, 1.165) is 17.5 Å². The highest BCUT2D eigenvalue weighted by atomic mass is 32.2. The van der Waals surface area contributed by atoms with Gasteiger partial charge in [0, 0.05) is 37.3 Å². The third kappa shape index (κ3) is 7.19. The van der Waals surface area contributed by atoms with Crippen LogP contribution in [0, 0.1) is 0 Å². The maximum atomic E-state index is 13.4. The van der Waals surface area contributed by atoms with E-state index in [4.69, 9.17) is 9.47 Å². The van der Waals surface area contributed by atoms with E-state index in [1.807, 2.05) is 39.8 Å². The van der Waals surface area contributed by atoms with Crippen molar-refractivity contribution in [1.82, 2.24) is 8.61 Å². The number of nitrogens with zero attached hydrogens (tertiary/aromatic N) is 2. The molecular formula is C32H40N2O7S2. The molecule has 1 saturated carbocycles. The van der Waals surface area contributed by atoms with Crippen LogP contribution in [0.2, 0.25) is 0 Å². The maximum absolute atomic E-state index is 13.4. The van der Waals surface area contributed by atoms with Crippen molar-refractivity contribution in [2.75, 3.05) is 26.2 Å².